The molecule has 0 saturated heterocycles. The number of nitrogens with zero attached hydrogens (tertiary/aromatic N) is 1. The summed E-state index contributed by atoms with van der Waals surface area (Å²) in [6.45, 7) is 4.64. The molecule has 0 rings (SSSR count). The van der Waals surface area contributed by atoms with Crippen molar-refractivity contribution < 1.29 is 42.9 Å². The van der Waals surface area contributed by atoms with E-state index in [4.69, 9.17) is 18.9 Å². The van der Waals surface area contributed by atoms with E-state index in [-0.39, 0.29) is 38.6 Å². The van der Waals surface area contributed by atoms with Crippen LogP contribution < -0.4 is 5.11 Å². The Bertz CT molecular complexity index is 1820. The molecule has 2 atom stereocenters. The molecule has 0 aromatic carbocycles. The predicted molar refractivity (Wildman–Crippen MR) is 389 cm³/mol. The molecule has 0 aliphatic rings. The van der Waals surface area contributed by atoms with Crippen LogP contribution in [0.3, 0.4) is 0 Å². The third-order valence-electron chi connectivity index (χ3n) is 16.8. The van der Waals surface area contributed by atoms with Crippen molar-refractivity contribution in [1.82, 2.24) is 0 Å². The number of aliphatic carboxylic acids is 1. The number of unbranched alkanes of at least 4 members (excludes halogenated alkanes) is 40. The normalized spacial score (nSPS) is 13.2. The summed E-state index contributed by atoms with van der Waals surface area (Å²) in [7, 11) is 5.93. The van der Waals surface area contributed by atoms with Gasteiger partial charge < -0.3 is 33.3 Å². The topological polar surface area (TPSA) is 111 Å². The van der Waals surface area contributed by atoms with Crippen molar-refractivity contribution in [2.75, 3.05) is 47.5 Å². The van der Waals surface area contributed by atoms with Gasteiger partial charge in [-0.25, -0.2) is 0 Å². The van der Waals surface area contributed by atoms with Crippen LogP contribution in [0.15, 0.2) is 97.2 Å². The molecule has 0 N–H and O–H groups in total. The van der Waals surface area contributed by atoms with Gasteiger partial charge in [0.05, 0.1) is 40.3 Å². The van der Waals surface area contributed by atoms with Crippen LogP contribution in [-0.4, -0.2) is 82.3 Å². The lowest BCUT2D eigenvalue weighted by molar-refractivity contribution is -0.870. The zero-order valence-electron chi connectivity index (χ0n) is 60.2. The number of hydrogen-bond acceptors (Lipinski definition) is 8. The fraction of sp³-hybridized carbons (Fsp3) is 0.768. The van der Waals surface area contributed by atoms with E-state index in [9.17, 15) is 19.5 Å². The summed E-state index contributed by atoms with van der Waals surface area (Å²) in [6.07, 6.45) is 96.7. The highest BCUT2D eigenvalue weighted by molar-refractivity contribution is 5.70. The molecule has 0 heterocycles. The van der Waals surface area contributed by atoms with Crippen LogP contribution in [0.4, 0.5) is 0 Å². The van der Waals surface area contributed by atoms with Gasteiger partial charge in [-0.3, -0.25) is 9.59 Å². The van der Waals surface area contributed by atoms with E-state index in [0.29, 0.717) is 17.4 Å². The lowest BCUT2D eigenvalue weighted by Crippen LogP contribution is -2.44. The van der Waals surface area contributed by atoms with Gasteiger partial charge in [0.25, 0.3) is 0 Å². The Kier molecular flexibility index (Phi) is 69.0. The molecule has 526 valence electrons. The molecule has 0 aliphatic carbocycles. The lowest BCUT2D eigenvalue weighted by atomic mass is 10.0. The molecule has 0 saturated carbocycles. The van der Waals surface area contributed by atoms with Crippen LogP contribution >= 0.6 is 0 Å². The van der Waals surface area contributed by atoms with Gasteiger partial charge in [-0.05, 0) is 96.3 Å². The molecule has 9 nitrogen and oxygen atoms in total. The first-order chi connectivity index (χ1) is 44.6. The molecule has 2 unspecified atom stereocenters. The fourth-order valence-corrected chi connectivity index (χ4v) is 11.0. The minimum atomic E-state index is -1.63. The van der Waals surface area contributed by atoms with Gasteiger partial charge in [-0.2, -0.15) is 0 Å². The van der Waals surface area contributed by atoms with Crippen molar-refractivity contribution >= 4 is 17.9 Å². The quantitative estimate of drug-likeness (QED) is 0.0195. The maximum absolute atomic E-state index is 12.9. The number of quaternary nitrogens is 1. The maximum atomic E-state index is 12.9. The van der Waals surface area contributed by atoms with E-state index in [1.54, 1.807) is 0 Å². The number of esters is 2. The minimum absolute atomic E-state index is 0.142. The molecule has 9 heteroatoms. The summed E-state index contributed by atoms with van der Waals surface area (Å²) in [5.41, 5.74) is 0. The van der Waals surface area contributed by atoms with E-state index >= 15 is 0 Å². The predicted octanol–water partition coefficient (Wildman–Crippen LogP) is 23.0. The molecular weight excluding hydrogens is 1130 g/mol. The molecule has 0 spiro atoms. The first-order valence-corrected chi connectivity index (χ1v) is 38.4. The lowest BCUT2D eigenvalue weighted by Gasteiger charge is -2.26. The van der Waals surface area contributed by atoms with Gasteiger partial charge in [0, 0.05) is 12.8 Å². The van der Waals surface area contributed by atoms with Crippen molar-refractivity contribution in [2.24, 2.45) is 0 Å². The summed E-state index contributed by atoms with van der Waals surface area (Å²) in [5.74, 6) is -2.29. The van der Waals surface area contributed by atoms with Gasteiger partial charge in [-0.1, -0.05) is 336 Å². The highest BCUT2D eigenvalue weighted by Crippen LogP contribution is 2.19. The third kappa shape index (κ3) is 73.5. The van der Waals surface area contributed by atoms with Crippen molar-refractivity contribution in [3.63, 3.8) is 0 Å². The Morgan fingerprint density at radius 1 is 0.341 bits per heavy atom. The summed E-state index contributed by atoms with van der Waals surface area (Å²) in [5, 5.41) is 11.8. The van der Waals surface area contributed by atoms with Crippen LogP contribution in [0.1, 0.15) is 348 Å². The number of carboxylic acids is 1. The van der Waals surface area contributed by atoms with E-state index in [2.05, 4.69) is 111 Å². The van der Waals surface area contributed by atoms with Crippen LogP contribution in [-0.2, 0) is 33.3 Å². The molecule has 0 fully saturated rings. The average Bonchev–Trinajstić information content (AvgIpc) is 3.46. The van der Waals surface area contributed by atoms with E-state index < -0.39 is 24.3 Å². The molecule has 0 aromatic rings. The van der Waals surface area contributed by atoms with Gasteiger partial charge in [-0.15, -0.1) is 0 Å². The first kappa shape index (κ1) is 87.2. The molecule has 0 aromatic heterocycles. The second-order valence-corrected chi connectivity index (χ2v) is 26.9. The number of carboxylic acid groups (broad SMARTS) is 1. The summed E-state index contributed by atoms with van der Waals surface area (Å²) >= 11 is 0. The Balaban J connectivity index is 3.99. The molecule has 0 bridgehead atoms. The Labute approximate surface area is 562 Å². The van der Waals surface area contributed by atoms with Gasteiger partial charge in [0.2, 0.25) is 0 Å². The number of hydrogen-bond donors (Lipinski definition) is 0. The molecule has 0 aliphatic heterocycles. The molecule has 0 radical (unpaired) electrons. The number of rotatable bonds is 71. The highest BCUT2D eigenvalue weighted by Gasteiger charge is 2.22. The Morgan fingerprint density at radius 3 is 0.934 bits per heavy atom. The van der Waals surface area contributed by atoms with Crippen LogP contribution in [0.5, 0.6) is 0 Å². The number of carbonyl (C=O) groups excluding carboxylic acids is 3. The van der Waals surface area contributed by atoms with Crippen LogP contribution in [0, 0.1) is 0 Å². The van der Waals surface area contributed by atoms with E-state index in [1.165, 1.54) is 212 Å². The zero-order valence-corrected chi connectivity index (χ0v) is 60.2. The number of carbonyl (C=O) groups is 3. The fourth-order valence-electron chi connectivity index (χ4n) is 11.0. The Hall–Kier alpha value is -3.79. The van der Waals surface area contributed by atoms with Gasteiger partial charge in [0.15, 0.2) is 12.4 Å². The number of allylic oxidation sites excluding steroid dienone is 16. The van der Waals surface area contributed by atoms with Gasteiger partial charge in [0.1, 0.15) is 13.2 Å². The van der Waals surface area contributed by atoms with E-state index in [1.807, 2.05) is 21.1 Å². The average molecular weight is 1270 g/mol. The third-order valence-corrected chi connectivity index (χ3v) is 16.8. The van der Waals surface area contributed by atoms with Crippen molar-refractivity contribution in [3.8, 4) is 0 Å². The van der Waals surface area contributed by atoms with Crippen molar-refractivity contribution in [1.29, 1.82) is 0 Å². The Morgan fingerprint density at radius 2 is 0.626 bits per heavy atom. The number of likely N-dealkylation sites (N-methyl/N-ethyl adjacent to an activating group) is 1. The minimum Gasteiger partial charge on any atom is -0.545 e. The first-order valence-electron chi connectivity index (χ1n) is 38.4. The molecular formula is C82H145NO8. The smallest absolute Gasteiger partial charge is 0.306 e. The molecule has 91 heavy (non-hydrogen) atoms. The van der Waals surface area contributed by atoms with Crippen LogP contribution in [0.25, 0.3) is 0 Å². The zero-order chi connectivity index (χ0) is 66.1. The summed E-state index contributed by atoms with van der Waals surface area (Å²) in [6, 6.07) is 0. The second kappa shape index (κ2) is 72.0. The standard InChI is InChI=1S/C82H145NO8/c1-6-8-10-12-14-16-18-20-22-24-26-28-30-32-33-34-35-36-37-38-39-40-41-42-43-44-45-46-47-49-50-52-54-56-58-60-62-64-66-68-70-72-79(84)89-76-78(77-90-82(81(86)87)88-75-74-83(3,4)5)91-80(85)73-71-69-67-65-63-61-59-57-55-53-51-48-31-29-27-25-23-21-19-17-15-13-11-9-7-2/h9,11,15,17-18,20-21,23-24,26-27,29,48,51,55,57,78,82H,6-8,10,12-14,16,19,22,25,28,30-47,49-50,52-54,56,58-77H2,1-5H3/b11-9-,17-15-,20-18-,23-21-,26-24-,29-27-,51-48-,57-55-. The van der Waals surface area contributed by atoms with E-state index in [0.717, 1.165) is 103 Å². The van der Waals surface area contributed by atoms with Crippen molar-refractivity contribution in [3.05, 3.63) is 97.2 Å². The maximum Gasteiger partial charge on any atom is 0.306 e. The monoisotopic (exact) mass is 1270 g/mol. The summed E-state index contributed by atoms with van der Waals surface area (Å²) < 4.78 is 22.8. The van der Waals surface area contributed by atoms with Crippen LogP contribution in [0.2, 0.25) is 0 Å². The van der Waals surface area contributed by atoms with Crippen molar-refractivity contribution in [2.45, 2.75) is 360 Å². The highest BCUT2D eigenvalue weighted by atomic mass is 16.7. The second-order valence-electron chi connectivity index (χ2n) is 26.9. The summed E-state index contributed by atoms with van der Waals surface area (Å²) in [4.78, 5) is 37.5. The SMILES string of the molecule is CC/C=C\C/C=C\C/C=C\C/C=C\C/C=C\C/C=C\CCCCCCCCC(=O)OC(COC(=O)CCCCCCCCCCCCCCCCCCCCCCCCCCCCCCC/C=C\C/C=C\CCCCCCC)COC(OCC[N+](C)(C)C)C(=O)[O-]. The molecule has 0 amide bonds. The largest absolute Gasteiger partial charge is 0.545 e. The number of ether oxygens (including phenoxy) is 4. The van der Waals surface area contributed by atoms with Gasteiger partial charge >= 0.3 is 11.9 Å².